The molecule has 1 aromatic heterocycles. The van der Waals surface area contributed by atoms with Crippen molar-refractivity contribution in [3.63, 3.8) is 0 Å². The van der Waals surface area contributed by atoms with Crippen LogP contribution in [0.5, 0.6) is 5.75 Å². The van der Waals surface area contributed by atoms with Crippen LogP contribution in [0, 0.1) is 12.8 Å². The minimum absolute atomic E-state index is 0.0828. The Morgan fingerprint density at radius 3 is 2.59 bits per heavy atom. The van der Waals surface area contributed by atoms with Crippen LogP contribution < -0.4 is 21.6 Å². The Morgan fingerprint density at radius 1 is 1.34 bits per heavy atom. The molecule has 0 aliphatic heterocycles. The fourth-order valence-electron chi connectivity index (χ4n) is 3.66. The molecule has 0 spiro atoms. The zero-order chi connectivity index (χ0) is 23.7. The predicted molar refractivity (Wildman–Crippen MR) is 126 cm³/mol. The number of amidine groups is 1. The quantitative estimate of drug-likeness (QED) is 0.150. The van der Waals surface area contributed by atoms with Gasteiger partial charge in [0.25, 0.3) is 0 Å². The molecule has 9 nitrogen and oxygen atoms in total. The largest absolute Gasteiger partial charge is 0.489 e. The number of carbonyl (C=O) groups excluding carboxylic acids is 1. The second-order valence-corrected chi connectivity index (χ2v) is 8.83. The molecular formula is C23H38N6O3. The molecule has 0 radical (unpaired) electrons. The maximum Gasteiger partial charge on any atom is 0.231 e. The van der Waals surface area contributed by atoms with Crippen molar-refractivity contribution in [3.8, 4) is 5.75 Å². The number of nitrogens with two attached hydrogens (primary N) is 2. The molecule has 0 aromatic carbocycles. The molecule has 6 N–H and O–H groups in total. The predicted octanol–water partition coefficient (Wildman–Crippen LogP) is 3.26. The zero-order valence-corrected chi connectivity index (χ0v) is 19.7. The van der Waals surface area contributed by atoms with Crippen molar-refractivity contribution in [2.75, 3.05) is 7.05 Å². The second-order valence-electron chi connectivity index (χ2n) is 8.83. The number of nitrogens with one attached hydrogen (secondary N) is 1. The van der Waals surface area contributed by atoms with E-state index in [9.17, 15) is 10.0 Å². The van der Waals surface area contributed by atoms with E-state index < -0.39 is 0 Å². The monoisotopic (exact) mass is 446 g/mol. The third-order valence-corrected chi connectivity index (χ3v) is 5.59. The molecule has 1 aliphatic rings. The van der Waals surface area contributed by atoms with E-state index in [1.807, 2.05) is 13.0 Å². The second kappa shape index (κ2) is 12.3. The van der Waals surface area contributed by atoms with Gasteiger partial charge in [-0.05, 0) is 57.1 Å². The first kappa shape index (κ1) is 25.5. The van der Waals surface area contributed by atoms with Crippen molar-refractivity contribution in [1.29, 1.82) is 0 Å². The van der Waals surface area contributed by atoms with Crippen LogP contribution in [0.3, 0.4) is 0 Å². The molecule has 1 heterocycles. The van der Waals surface area contributed by atoms with Crippen molar-refractivity contribution in [2.24, 2.45) is 22.6 Å². The van der Waals surface area contributed by atoms with Gasteiger partial charge in [0.05, 0.1) is 35.3 Å². The summed E-state index contributed by atoms with van der Waals surface area (Å²) in [6, 6.07) is 3.65. The Morgan fingerprint density at radius 2 is 2.03 bits per heavy atom. The van der Waals surface area contributed by atoms with Gasteiger partial charge in [-0.25, -0.2) is 10.8 Å². The minimum atomic E-state index is -0.370. The van der Waals surface area contributed by atoms with Gasteiger partial charge in [-0.3, -0.25) is 4.79 Å². The first-order valence-corrected chi connectivity index (χ1v) is 11.3. The van der Waals surface area contributed by atoms with Gasteiger partial charge in [0.1, 0.15) is 11.6 Å². The van der Waals surface area contributed by atoms with Crippen LogP contribution >= 0.6 is 0 Å². The van der Waals surface area contributed by atoms with E-state index in [4.69, 9.17) is 16.3 Å². The van der Waals surface area contributed by atoms with Crippen molar-refractivity contribution in [1.82, 2.24) is 15.3 Å². The summed E-state index contributed by atoms with van der Waals surface area (Å²) in [5.41, 5.74) is 8.33. The molecule has 9 heteroatoms. The van der Waals surface area contributed by atoms with Gasteiger partial charge < -0.3 is 26.0 Å². The Bertz CT molecular complexity index is 829. The molecule has 0 bridgehead atoms. The topological polar surface area (TPSA) is 139 Å². The number of amides is 1. The highest BCUT2D eigenvalue weighted by Gasteiger charge is 2.19. The lowest BCUT2D eigenvalue weighted by Crippen LogP contribution is -2.35. The first-order chi connectivity index (χ1) is 15.2. The van der Waals surface area contributed by atoms with Crippen LogP contribution in [0.4, 0.5) is 0 Å². The van der Waals surface area contributed by atoms with Crippen LogP contribution in [-0.4, -0.2) is 40.1 Å². The minimum Gasteiger partial charge on any atom is -0.489 e. The smallest absolute Gasteiger partial charge is 0.231 e. The standard InChI is InChI=1S/C23H38N6O3/c1-15(2)10-13-21(28-31)27-22(30)14-19(29(4)25)23(24)18-11-12-20(16(3)26-18)32-17-8-6-5-7-9-17/h11-12,15,17,31H,5-10,13-14,24-25H2,1-4H3,(H,27,28,30)/b23-19-. The van der Waals surface area contributed by atoms with Gasteiger partial charge >= 0.3 is 0 Å². The highest BCUT2D eigenvalue weighted by atomic mass is 16.5. The number of hydrogen-bond acceptors (Lipinski definition) is 8. The number of ether oxygens (including phenoxy) is 1. The van der Waals surface area contributed by atoms with E-state index in [1.165, 1.54) is 24.3 Å². The van der Waals surface area contributed by atoms with Gasteiger partial charge in [-0.2, -0.15) is 0 Å². The van der Waals surface area contributed by atoms with E-state index in [2.05, 4.69) is 29.3 Å². The number of hydrogen-bond donors (Lipinski definition) is 4. The molecule has 2 rings (SSSR count). The van der Waals surface area contributed by atoms with Crippen molar-refractivity contribution in [2.45, 2.75) is 78.2 Å². The number of aryl methyl sites for hydroxylation is 1. The number of pyridine rings is 1. The SMILES string of the molecule is Cc1nc(/C(N)=C(\CC(=O)N/C(CCC(C)C)=N/O)N(C)N)ccc1OC1CCCCC1. The van der Waals surface area contributed by atoms with Crippen molar-refractivity contribution >= 4 is 17.4 Å². The van der Waals surface area contributed by atoms with Crippen LogP contribution in [0.25, 0.3) is 5.70 Å². The van der Waals surface area contributed by atoms with Gasteiger partial charge in [-0.15, -0.1) is 0 Å². The van der Waals surface area contributed by atoms with Gasteiger partial charge in [-0.1, -0.05) is 25.4 Å². The van der Waals surface area contributed by atoms with Gasteiger partial charge in [0.15, 0.2) is 0 Å². The molecule has 0 atom stereocenters. The van der Waals surface area contributed by atoms with E-state index in [0.29, 0.717) is 29.4 Å². The molecule has 178 valence electrons. The van der Waals surface area contributed by atoms with Crippen molar-refractivity contribution in [3.05, 3.63) is 29.2 Å². The molecule has 0 unspecified atom stereocenters. The summed E-state index contributed by atoms with van der Waals surface area (Å²) in [6.45, 7) is 6.00. The maximum absolute atomic E-state index is 12.5. The third kappa shape index (κ3) is 7.71. The summed E-state index contributed by atoms with van der Waals surface area (Å²) < 4.78 is 6.13. The van der Waals surface area contributed by atoms with E-state index in [-0.39, 0.29) is 24.3 Å². The van der Waals surface area contributed by atoms with Gasteiger partial charge in [0.2, 0.25) is 5.91 Å². The van der Waals surface area contributed by atoms with E-state index in [1.54, 1.807) is 13.1 Å². The summed E-state index contributed by atoms with van der Waals surface area (Å²) in [5, 5.41) is 16.3. The Kier molecular flexibility index (Phi) is 9.77. The van der Waals surface area contributed by atoms with Crippen LogP contribution in [-0.2, 0) is 4.79 Å². The molecule has 1 saturated carbocycles. The summed E-state index contributed by atoms with van der Waals surface area (Å²) >= 11 is 0. The summed E-state index contributed by atoms with van der Waals surface area (Å²) in [5.74, 6) is 6.99. The van der Waals surface area contributed by atoms with E-state index >= 15 is 0 Å². The lowest BCUT2D eigenvalue weighted by atomic mass is 9.98. The average Bonchev–Trinajstić information content (AvgIpc) is 2.76. The number of hydrazine groups is 1. The van der Waals surface area contributed by atoms with Crippen LogP contribution in [0.15, 0.2) is 23.0 Å². The zero-order valence-electron chi connectivity index (χ0n) is 19.7. The molecule has 1 aliphatic carbocycles. The molecule has 0 saturated heterocycles. The third-order valence-electron chi connectivity index (χ3n) is 5.59. The van der Waals surface area contributed by atoms with Gasteiger partial charge in [0, 0.05) is 13.5 Å². The highest BCUT2D eigenvalue weighted by molar-refractivity contribution is 5.99. The number of oxime groups is 1. The normalized spacial score (nSPS) is 16.0. The summed E-state index contributed by atoms with van der Waals surface area (Å²) in [7, 11) is 1.61. The van der Waals surface area contributed by atoms with Crippen molar-refractivity contribution < 1.29 is 14.7 Å². The highest BCUT2D eigenvalue weighted by Crippen LogP contribution is 2.26. The molecular weight excluding hydrogens is 408 g/mol. The molecule has 1 amide bonds. The van der Waals surface area contributed by atoms with Crippen LogP contribution in [0.2, 0.25) is 0 Å². The Balaban J connectivity index is 2.12. The van der Waals surface area contributed by atoms with E-state index in [0.717, 1.165) is 30.7 Å². The molecule has 1 aromatic rings. The fraction of sp³-hybridized carbons (Fsp3) is 0.609. The lowest BCUT2D eigenvalue weighted by molar-refractivity contribution is -0.119. The number of nitrogens with zero attached hydrogens (tertiary/aromatic N) is 3. The number of rotatable bonds is 9. The Hall–Kier alpha value is -2.81. The molecule has 1 fully saturated rings. The Labute approximate surface area is 190 Å². The average molecular weight is 447 g/mol. The maximum atomic E-state index is 12.5. The first-order valence-electron chi connectivity index (χ1n) is 11.3. The molecule has 32 heavy (non-hydrogen) atoms. The van der Waals surface area contributed by atoms with Crippen LogP contribution in [0.1, 0.15) is 76.6 Å². The summed E-state index contributed by atoms with van der Waals surface area (Å²) in [6.07, 6.45) is 7.20. The summed E-state index contributed by atoms with van der Waals surface area (Å²) in [4.78, 5) is 17.1. The fourth-order valence-corrected chi connectivity index (χ4v) is 3.66. The lowest BCUT2D eigenvalue weighted by Gasteiger charge is -2.24. The number of carbonyl (C=O) groups is 1. The number of aromatic nitrogens is 1.